The van der Waals surface area contributed by atoms with Crippen LogP contribution in [0.1, 0.15) is 56.0 Å². The van der Waals surface area contributed by atoms with Gasteiger partial charge in [-0.3, -0.25) is 0 Å². The summed E-state index contributed by atoms with van der Waals surface area (Å²) in [4.78, 5) is 0. The molecule has 2 aromatic rings. The van der Waals surface area contributed by atoms with Crippen LogP contribution in [0.25, 0.3) is 11.0 Å². The first-order valence-corrected chi connectivity index (χ1v) is 7.43. The minimum atomic E-state index is -0.440. The fraction of sp³-hybridized carbons (Fsp3) is 0.529. The molecule has 19 heavy (non-hydrogen) atoms. The average molecular weight is 258 g/mol. The molecule has 102 valence electrons. The van der Waals surface area contributed by atoms with Gasteiger partial charge in [-0.25, -0.2) is 0 Å². The summed E-state index contributed by atoms with van der Waals surface area (Å²) in [7, 11) is 0. The SMILES string of the molecule is Cc1cccc2cc(C(O)C3CCCCCC3)oc12. The molecule has 1 aromatic heterocycles. The van der Waals surface area contributed by atoms with E-state index in [0.29, 0.717) is 5.92 Å². The molecule has 0 aliphatic heterocycles. The molecule has 1 N–H and O–H groups in total. The van der Waals surface area contributed by atoms with E-state index >= 15 is 0 Å². The highest BCUT2D eigenvalue weighted by molar-refractivity contribution is 5.80. The third-order valence-corrected chi connectivity index (χ3v) is 4.40. The van der Waals surface area contributed by atoms with Gasteiger partial charge in [-0.05, 0) is 37.3 Å². The van der Waals surface area contributed by atoms with Gasteiger partial charge >= 0.3 is 0 Å². The molecule has 1 unspecified atom stereocenters. The fourth-order valence-electron chi connectivity index (χ4n) is 3.23. The Morgan fingerprint density at radius 2 is 1.89 bits per heavy atom. The lowest BCUT2D eigenvalue weighted by atomic mass is 9.92. The highest BCUT2D eigenvalue weighted by Gasteiger charge is 2.25. The number of furan rings is 1. The number of fused-ring (bicyclic) bond motifs is 1. The lowest BCUT2D eigenvalue weighted by molar-refractivity contribution is 0.0791. The second kappa shape index (κ2) is 5.38. The van der Waals surface area contributed by atoms with Crippen molar-refractivity contribution in [2.75, 3.05) is 0 Å². The van der Waals surface area contributed by atoms with Gasteiger partial charge in [0.25, 0.3) is 0 Å². The summed E-state index contributed by atoms with van der Waals surface area (Å²) >= 11 is 0. The van der Waals surface area contributed by atoms with Crippen molar-refractivity contribution in [3.05, 3.63) is 35.6 Å². The number of benzene rings is 1. The van der Waals surface area contributed by atoms with E-state index in [-0.39, 0.29) is 0 Å². The van der Waals surface area contributed by atoms with E-state index in [1.165, 1.54) is 25.7 Å². The maximum absolute atomic E-state index is 10.6. The van der Waals surface area contributed by atoms with Crippen LogP contribution in [0, 0.1) is 12.8 Å². The first-order chi connectivity index (χ1) is 9.25. The minimum Gasteiger partial charge on any atom is -0.458 e. The van der Waals surface area contributed by atoms with Crippen LogP contribution in [0.3, 0.4) is 0 Å². The van der Waals surface area contributed by atoms with Crippen LogP contribution in [-0.4, -0.2) is 5.11 Å². The zero-order valence-corrected chi connectivity index (χ0v) is 11.6. The van der Waals surface area contributed by atoms with Gasteiger partial charge in [0.1, 0.15) is 17.4 Å². The van der Waals surface area contributed by atoms with Crippen LogP contribution in [0.2, 0.25) is 0 Å². The standard InChI is InChI=1S/C17H22O2/c1-12-7-6-10-14-11-15(19-17(12)14)16(18)13-8-4-2-3-5-9-13/h6-7,10-11,13,16,18H,2-5,8-9H2,1H3. The van der Waals surface area contributed by atoms with Gasteiger partial charge in [0.2, 0.25) is 0 Å². The molecule has 1 aliphatic carbocycles. The molecule has 2 nitrogen and oxygen atoms in total. The Morgan fingerprint density at radius 3 is 2.58 bits per heavy atom. The van der Waals surface area contributed by atoms with Crippen LogP contribution in [-0.2, 0) is 0 Å². The quantitative estimate of drug-likeness (QED) is 0.789. The van der Waals surface area contributed by atoms with E-state index in [1.807, 2.05) is 25.1 Å². The van der Waals surface area contributed by atoms with Crippen molar-refractivity contribution in [1.29, 1.82) is 0 Å². The number of aryl methyl sites for hydroxylation is 1. The van der Waals surface area contributed by atoms with Gasteiger partial charge in [-0.1, -0.05) is 43.9 Å². The molecule has 1 saturated carbocycles. The Bertz CT molecular complexity index is 547. The topological polar surface area (TPSA) is 33.4 Å². The van der Waals surface area contributed by atoms with Gasteiger partial charge in [0, 0.05) is 5.39 Å². The van der Waals surface area contributed by atoms with Crippen molar-refractivity contribution in [1.82, 2.24) is 0 Å². The maximum Gasteiger partial charge on any atom is 0.137 e. The highest BCUT2D eigenvalue weighted by Crippen LogP contribution is 2.36. The molecular formula is C17H22O2. The van der Waals surface area contributed by atoms with Gasteiger partial charge in [-0.2, -0.15) is 0 Å². The second-order valence-corrected chi connectivity index (χ2v) is 5.84. The third-order valence-electron chi connectivity index (χ3n) is 4.40. The number of hydrogen-bond donors (Lipinski definition) is 1. The zero-order chi connectivity index (χ0) is 13.2. The fourth-order valence-corrected chi connectivity index (χ4v) is 3.23. The monoisotopic (exact) mass is 258 g/mol. The molecular weight excluding hydrogens is 236 g/mol. The number of hydrogen-bond acceptors (Lipinski definition) is 2. The summed E-state index contributed by atoms with van der Waals surface area (Å²) in [5, 5.41) is 11.7. The number of para-hydroxylation sites is 1. The summed E-state index contributed by atoms with van der Waals surface area (Å²) in [5.41, 5.74) is 2.06. The van der Waals surface area contributed by atoms with Gasteiger partial charge in [0.05, 0.1) is 0 Å². The molecule has 0 bridgehead atoms. The van der Waals surface area contributed by atoms with Crippen LogP contribution >= 0.6 is 0 Å². The summed E-state index contributed by atoms with van der Waals surface area (Å²) in [5.74, 6) is 1.11. The van der Waals surface area contributed by atoms with E-state index in [4.69, 9.17) is 4.42 Å². The minimum absolute atomic E-state index is 0.364. The highest BCUT2D eigenvalue weighted by atomic mass is 16.4. The van der Waals surface area contributed by atoms with Crippen LogP contribution < -0.4 is 0 Å². The van der Waals surface area contributed by atoms with Crippen LogP contribution in [0.5, 0.6) is 0 Å². The molecule has 1 aromatic carbocycles. The molecule has 0 spiro atoms. The second-order valence-electron chi connectivity index (χ2n) is 5.84. The van der Waals surface area contributed by atoms with Crippen molar-refractivity contribution in [2.45, 2.75) is 51.6 Å². The summed E-state index contributed by atoms with van der Waals surface area (Å²) in [6, 6.07) is 8.15. The van der Waals surface area contributed by atoms with Crippen LogP contribution in [0.4, 0.5) is 0 Å². The number of rotatable bonds is 2. The summed E-state index contributed by atoms with van der Waals surface area (Å²) in [6.45, 7) is 2.05. The van der Waals surface area contributed by atoms with E-state index in [1.54, 1.807) is 0 Å². The summed E-state index contributed by atoms with van der Waals surface area (Å²) < 4.78 is 5.90. The molecule has 2 heteroatoms. The smallest absolute Gasteiger partial charge is 0.137 e. The van der Waals surface area contributed by atoms with Gasteiger partial charge in [0.15, 0.2) is 0 Å². The third kappa shape index (κ3) is 2.55. The van der Waals surface area contributed by atoms with E-state index in [9.17, 15) is 5.11 Å². The van der Waals surface area contributed by atoms with Crippen molar-refractivity contribution >= 4 is 11.0 Å². The molecule has 0 radical (unpaired) electrons. The molecule has 0 saturated heterocycles. The van der Waals surface area contributed by atoms with Crippen molar-refractivity contribution < 1.29 is 9.52 Å². The molecule has 1 fully saturated rings. The van der Waals surface area contributed by atoms with E-state index < -0.39 is 6.10 Å². The predicted molar refractivity (Wildman–Crippen MR) is 77.1 cm³/mol. The lowest BCUT2D eigenvalue weighted by Crippen LogP contribution is -2.11. The Morgan fingerprint density at radius 1 is 1.16 bits per heavy atom. The molecule has 1 heterocycles. The Hall–Kier alpha value is -1.28. The predicted octanol–water partition coefficient (Wildman–Crippen LogP) is 4.75. The Labute approximate surface area is 114 Å². The van der Waals surface area contributed by atoms with E-state index in [2.05, 4.69) is 6.07 Å². The first kappa shape index (κ1) is 12.7. The van der Waals surface area contributed by atoms with Crippen molar-refractivity contribution in [3.63, 3.8) is 0 Å². The Balaban J connectivity index is 1.88. The van der Waals surface area contributed by atoms with Gasteiger partial charge in [-0.15, -0.1) is 0 Å². The molecule has 1 aliphatic rings. The van der Waals surface area contributed by atoms with Crippen molar-refractivity contribution in [2.24, 2.45) is 5.92 Å². The Kier molecular flexibility index (Phi) is 3.61. The van der Waals surface area contributed by atoms with Crippen LogP contribution in [0.15, 0.2) is 28.7 Å². The number of aliphatic hydroxyl groups excluding tert-OH is 1. The molecule has 3 rings (SSSR count). The van der Waals surface area contributed by atoms with E-state index in [0.717, 1.165) is 35.1 Å². The number of aliphatic hydroxyl groups is 1. The normalized spacial score (nSPS) is 19.5. The summed E-state index contributed by atoms with van der Waals surface area (Å²) in [6.07, 6.45) is 6.89. The molecule has 1 atom stereocenters. The average Bonchev–Trinajstić information content (AvgIpc) is 2.67. The largest absolute Gasteiger partial charge is 0.458 e. The van der Waals surface area contributed by atoms with Gasteiger partial charge < -0.3 is 9.52 Å². The maximum atomic E-state index is 10.6. The lowest BCUT2D eigenvalue weighted by Gasteiger charge is -2.19. The van der Waals surface area contributed by atoms with Crippen molar-refractivity contribution in [3.8, 4) is 0 Å². The first-order valence-electron chi connectivity index (χ1n) is 7.43. The zero-order valence-electron chi connectivity index (χ0n) is 11.6. The molecule has 0 amide bonds.